The number of nitrogens with zero attached hydrogens (tertiary/aromatic N) is 4. The smallest absolute Gasteiger partial charge is 0.375 e. The van der Waals surface area contributed by atoms with Crippen molar-refractivity contribution in [2.75, 3.05) is 0 Å². The lowest BCUT2D eigenvalue weighted by Gasteiger charge is -2.07. The maximum Gasteiger partial charge on any atom is 0.375 e. The number of aromatic nitrogens is 4. The fraction of sp³-hybridized carbons (Fsp3) is 0.231. The van der Waals surface area contributed by atoms with Gasteiger partial charge in [-0.2, -0.15) is 0 Å². The summed E-state index contributed by atoms with van der Waals surface area (Å²) in [5.74, 6) is -0.596. The molecule has 0 aliphatic carbocycles. The van der Waals surface area contributed by atoms with E-state index in [9.17, 15) is 4.79 Å². The minimum Gasteiger partial charge on any atom is -0.475 e. The van der Waals surface area contributed by atoms with E-state index in [0.29, 0.717) is 5.82 Å². The number of fused-ring (bicyclic) bond motifs is 1. The van der Waals surface area contributed by atoms with E-state index in [1.54, 1.807) is 10.2 Å². The Kier molecular flexibility index (Phi) is 2.98. The van der Waals surface area contributed by atoms with Gasteiger partial charge in [0.2, 0.25) is 0 Å². The van der Waals surface area contributed by atoms with E-state index in [1.807, 2.05) is 32.0 Å². The number of aromatic carboxylic acids is 1. The molecule has 0 aliphatic heterocycles. The number of hydrogen-bond donors (Lipinski definition) is 1. The van der Waals surface area contributed by atoms with Gasteiger partial charge in [-0.25, -0.2) is 19.4 Å². The van der Waals surface area contributed by atoms with Gasteiger partial charge in [0.15, 0.2) is 0 Å². The number of benzene rings is 1. The van der Waals surface area contributed by atoms with Crippen LogP contribution in [0.2, 0.25) is 0 Å². The Bertz CT molecular complexity index is 791. The van der Waals surface area contributed by atoms with Crippen molar-refractivity contribution in [2.45, 2.75) is 19.8 Å². The number of rotatable bonds is 3. The van der Waals surface area contributed by atoms with Crippen molar-refractivity contribution in [3.8, 4) is 5.69 Å². The molecule has 2 heterocycles. The number of thiazole rings is 1. The second-order valence-corrected chi connectivity index (χ2v) is 5.56. The highest BCUT2D eigenvalue weighted by Crippen LogP contribution is 2.23. The molecule has 7 heteroatoms. The fourth-order valence-corrected chi connectivity index (χ4v) is 2.66. The molecule has 0 radical (unpaired) electrons. The number of hydrogen-bond acceptors (Lipinski definition) is 5. The predicted molar refractivity (Wildman–Crippen MR) is 75.6 cm³/mol. The molecule has 0 atom stereocenters. The van der Waals surface area contributed by atoms with Crippen molar-refractivity contribution in [2.24, 2.45) is 0 Å². The van der Waals surface area contributed by atoms with E-state index < -0.39 is 5.97 Å². The van der Waals surface area contributed by atoms with Gasteiger partial charge in [-0.1, -0.05) is 13.8 Å². The molecule has 102 valence electrons. The van der Waals surface area contributed by atoms with Crippen molar-refractivity contribution in [3.63, 3.8) is 0 Å². The molecule has 1 aromatic carbocycles. The van der Waals surface area contributed by atoms with Crippen LogP contribution >= 0.6 is 11.3 Å². The first-order valence-corrected chi connectivity index (χ1v) is 6.98. The van der Waals surface area contributed by atoms with E-state index in [1.165, 1.54) is 11.3 Å². The lowest BCUT2D eigenvalue weighted by molar-refractivity contribution is 0.0683. The van der Waals surface area contributed by atoms with Crippen molar-refractivity contribution in [3.05, 3.63) is 35.4 Å². The molecule has 0 saturated heterocycles. The van der Waals surface area contributed by atoms with Gasteiger partial charge in [-0.3, -0.25) is 0 Å². The zero-order valence-electron chi connectivity index (χ0n) is 10.9. The zero-order valence-corrected chi connectivity index (χ0v) is 11.8. The summed E-state index contributed by atoms with van der Waals surface area (Å²) in [4.78, 5) is 19.4. The van der Waals surface area contributed by atoms with Gasteiger partial charge in [-0.05, 0) is 18.2 Å². The van der Waals surface area contributed by atoms with Crippen LogP contribution in [0.15, 0.2) is 23.7 Å². The lowest BCUT2D eigenvalue weighted by Crippen LogP contribution is -2.04. The van der Waals surface area contributed by atoms with Crippen LogP contribution < -0.4 is 0 Å². The summed E-state index contributed by atoms with van der Waals surface area (Å²) in [6.45, 7) is 3.91. The summed E-state index contributed by atoms with van der Waals surface area (Å²) in [7, 11) is 0. The second-order valence-electron chi connectivity index (χ2n) is 4.67. The van der Waals surface area contributed by atoms with Crippen LogP contribution in [-0.4, -0.2) is 30.8 Å². The van der Waals surface area contributed by atoms with Gasteiger partial charge < -0.3 is 5.11 Å². The van der Waals surface area contributed by atoms with Gasteiger partial charge in [0.1, 0.15) is 5.82 Å². The van der Waals surface area contributed by atoms with Crippen molar-refractivity contribution < 1.29 is 9.90 Å². The SMILES string of the molecule is CC(C)c1nc(C(=O)O)nn1-c1ccc2ncsc2c1. The average molecular weight is 288 g/mol. The molecule has 0 amide bonds. The highest BCUT2D eigenvalue weighted by molar-refractivity contribution is 7.16. The zero-order chi connectivity index (χ0) is 14.3. The van der Waals surface area contributed by atoms with E-state index >= 15 is 0 Å². The average Bonchev–Trinajstić information content (AvgIpc) is 3.04. The third-order valence-corrected chi connectivity index (χ3v) is 3.69. The molecular formula is C13H12N4O2S. The predicted octanol–water partition coefficient (Wildman–Crippen LogP) is 2.70. The monoisotopic (exact) mass is 288 g/mol. The number of carbonyl (C=O) groups is 1. The Morgan fingerprint density at radius 3 is 2.90 bits per heavy atom. The van der Waals surface area contributed by atoms with E-state index in [2.05, 4.69) is 15.1 Å². The fourth-order valence-electron chi connectivity index (χ4n) is 1.95. The van der Waals surface area contributed by atoms with E-state index in [-0.39, 0.29) is 11.7 Å². The Morgan fingerprint density at radius 1 is 1.40 bits per heavy atom. The van der Waals surface area contributed by atoms with Crippen LogP contribution in [0.4, 0.5) is 0 Å². The molecule has 6 nitrogen and oxygen atoms in total. The third-order valence-electron chi connectivity index (χ3n) is 2.90. The number of carboxylic acid groups (broad SMARTS) is 1. The minimum absolute atomic E-state index is 0.0766. The van der Waals surface area contributed by atoms with Gasteiger partial charge in [0.25, 0.3) is 5.82 Å². The van der Waals surface area contributed by atoms with Gasteiger partial charge in [-0.15, -0.1) is 16.4 Å². The Labute approximate surface area is 118 Å². The molecule has 0 spiro atoms. The third kappa shape index (κ3) is 2.05. The molecule has 20 heavy (non-hydrogen) atoms. The number of carboxylic acids is 1. The molecule has 0 fully saturated rings. The maximum atomic E-state index is 11.0. The van der Waals surface area contributed by atoms with Crippen LogP contribution in [0.25, 0.3) is 15.9 Å². The van der Waals surface area contributed by atoms with Gasteiger partial charge in [0.05, 0.1) is 21.4 Å². The van der Waals surface area contributed by atoms with Gasteiger partial charge in [0, 0.05) is 5.92 Å². The topological polar surface area (TPSA) is 80.9 Å². The molecule has 0 unspecified atom stereocenters. The van der Waals surface area contributed by atoms with Crippen molar-refractivity contribution >= 4 is 27.5 Å². The maximum absolute atomic E-state index is 11.0. The standard InChI is InChI=1S/C13H12N4O2S/c1-7(2)12-15-11(13(18)19)16-17(12)8-3-4-9-10(5-8)20-6-14-9/h3-7H,1-2H3,(H,18,19). The highest BCUT2D eigenvalue weighted by Gasteiger charge is 2.18. The molecule has 0 saturated carbocycles. The van der Waals surface area contributed by atoms with Crippen LogP contribution in [0.1, 0.15) is 36.2 Å². The summed E-state index contributed by atoms with van der Waals surface area (Å²) in [6, 6.07) is 5.71. The molecule has 0 aliphatic rings. The Balaban J connectivity index is 2.18. The second kappa shape index (κ2) is 4.68. The molecular weight excluding hydrogens is 276 g/mol. The first kappa shape index (κ1) is 12.7. The Hall–Kier alpha value is -2.28. The van der Waals surface area contributed by atoms with Crippen LogP contribution in [0.5, 0.6) is 0 Å². The summed E-state index contributed by atoms with van der Waals surface area (Å²) >= 11 is 1.53. The summed E-state index contributed by atoms with van der Waals surface area (Å²) < 4.78 is 2.62. The first-order chi connectivity index (χ1) is 9.56. The van der Waals surface area contributed by atoms with E-state index in [4.69, 9.17) is 5.11 Å². The summed E-state index contributed by atoms with van der Waals surface area (Å²) in [5, 5.41) is 13.1. The molecule has 2 aromatic heterocycles. The molecule has 3 aromatic rings. The van der Waals surface area contributed by atoms with Gasteiger partial charge >= 0.3 is 5.97 Å². The normalized spacial score (nSPS) is 11.3. The Morgan fingerprint density at radius 2 is 2.20 bits per heavy atom. The molecule has 1 N–H and O–H groups in total. The summed E-state index contributed by atoms with van der Waals surface area (Å²) in [6.07, 6.45) is 0. The summed E-state index contributed by atoms with van der Waals surface area (Å²) in [5.41, 5.74) is 3.50. The van der Waals surface area contributed by atoms with Crippen LogP contribution in [-0.2, 0) is 0 Å². The van der Waals surface area contributed by atoms with Crippen LogP contribution in [0.3, 0.4) is 0 Å². The quantitative estimate of drug-likeness (QED) is 0.801. The minimum atomic E-state index is -1.12. The van der Waals surface area contributed by atoms with Crippen molar-refractivity contribution in [1.29, 1.82) is 0 Å². The largest absolute Gasteiger partial charge is 0.475 e. The van der Waals surface area contributed by atoms with Crippen molar-refractivity contribution in [1.82, 2.24) is 19.7 Å². The lowest BCUT2D eigenvalue weighted by atomic mass is 10.2. The van der Waals surface area contributed by atoms with E-state index in [0.717, 1.165) is 15.9 Å². The molecule has 0 bridgehead atoms. The molecule has 3 rings (SSSR count). The van der Waals surface area contributed by atoms with Crippen LogP contribution in [0, 0.1) is 0 Å². The first-order valence-electron chi connectivity index (χ1n) is 6.10. The highest BCUT2D eigenvalue weighted by atomic mass is 32.1.